The third kappa shape index (κ3) is 3.61. The Kier molecular flexibility index (Phi) is 5.03. The maximum Gasteiger partial charge on any atom is 0.332 e. The molecule has 5 rings (SSSR count). The number of hydrogen-bond donors (Lipinski definition) is 0. The largest absolute Gasteiger partial charge is 0.492 e. The monoisotopic (exact) mass is 419 g/mol. The summed E-state index contributed by atoms with van der Waals surface area (Å²) in [5.41, 5.74) is 0.633. The number of hydrogen-bond acceptors (Lipinski definition) is 4. The minimum atomic E-state index is -0.494. The van der Waals surface area contributed by atoms with E-state index >= 15 is 0 Å². The average Bonchev–Trinajstić information content (AvgIpc) is 3.04. The van der Waals surface area contributed by atoms with Gasteiger partial charge in [-0.2, -0.15) is 0 Å². The van der Waals surface area contributed by atoms with Crippen LogP contribution in [-0.4, -0.2) is 60.6 Å². The Morgan fingerprint density at radius 2 is 1.71 bits per heavy atom. The molecule has 0 aromatic heterocycles. The van der Waals surface area contributed by atoms with Gasteiger partial charge in [-0.1, -0.05) is 36.4 Å². The van der Waals surface area contributed by atoms with Crippen LogP contribution in [0.1, 0.15) is 0 Å². The van der Waals surface area contributed by atoms with Gasteiger partial charge in [-0.05, 0) is 35.7 Å². The van der Waals surface area contributed by atoms with Gasteiger partial charge in [0.2, 0.25) is 0 Å². The predicted molar refractivity (Wildman–Crippen MR) is 116 cm³/mol. The van der Waals surface area contributed by atoms with E-state index in [1.165, 1.54) is 17.0 Å². The number of nitrogens with zero attached hydrogens (tertiary/aromatic N) is 3. The van der Waals surface area contributed by atoms with E-state index in [0.29, 0.717) is 44.2 Å². The zero-order valence-corrected chi connectivity index (χ0v) is 16.9. The summed E-state index contributed by atoms with van der Waals surface area (Å²) in [6.07, 6.45) is 0. The lowest BCUT2D eigenvalue weighted by atomic mass is 10.1. The summed E-state index contributed by atoms with van der Waals surface area (Å²) >= 11 is 0. The van der Waals surface area contributed by atoms with Crippen molar-refractivity contribution in [3.8, 4) is 5.75 Å². The number of rotatable bonds is 5. The molecule has 7 heteroatoms. The number of carbonyl (C=O) groups excluding carboxylic acids is 2. The van der Waals surface area contributed by atoms with Crippen LogP contribution in [0.3, 0.4) is 0 Å². The molecular formula is C24H22FN3O3. The van der Waals surface area contributed by atoms with E-state index < -0.39 is 6.04 Å². The third-order valence-electron chi connectivity index (χ3n) is 5.90. The zero-order chi connectivity index (χ0) is 21.4. The highest BCUT2D eigenvalue weighted by atomic mass is 19.1. The van der Waals surface area contributed by atoms with Crippen molar-refractivity contribution in [2.24, 2.45) is 0 Å². The van der Waals surface area contributed by atoms with Gasteiger partial charge < -0.3 is 9.64 Å². The Hall–Kier alpha value is -3.45. The lowest BCUT2D eigenvalue weighted by molar-refractivity contribution is -0.121. The lowest BCUT2D eigenvalue weighted by Crippen LogP contribution is -2.53. The zero-order valence-electron chi connectivity index (χ0n) is 16.9. The van der Waals surface area contributed by atoms with Gasteiger partial charge >= 0.3 is 6.03 Å². The van der Waals surface area contributed by atoms with Crippen molar-refractivity contribution in [1.29, 1.82) is 0 Å². The molecule has 0 radical (unpaired) electrons. The number of carbonyl (C=O) groups is 2. The molecule has 3 amide bonds. The van der Waals surface area contributed by atoms with Gasteiger partial charge in [0, 0.05) is 31.6 Å². The summed E-state index contributed by atoms with van der Waals surface area (Å²) in [6.45, 7) is 2.68. The number of anilines is 1. The Labute approximate surface area is 179 Å². The van der Waals surface area contributed by atoms with E-state index in [0.717, 1.165) is 10.8 Å². The van der Waals surface area contributed by atoms with E-state index in [9.17, 15) is 14.0 Å². The predicted octanol–water partition coefficient (Wildman–Crippen LogP) is 3.51. The topological polar surface area (TPSA) is 53.1 Å². The molecule has 158 valence electrons. The van der Waals surface area contributed by atoms with Crippen LogP contribution in [0.5, 0.6) is 5.75 Å². The van der Waals surface area contributed by atoms with Crippen molar-refractivity contribution in [3.63, 3.8) is 0 Å². The van der Waals surface area contributed by atoms with Crippen molar-refractivity contribution in [2.45, 2.75) is 6.04 Å². The number of urea groups is 1. The van der Waals surface area contributed by atoms with Gasteiger partial charge in [0.05, 0.1) is 5.69 Å². The number of halogens is 1. The molecular weight excluding hydrogens is 397 g/mol. The van der Waals surface area contributed by atoms with Crippen molar-refractivity contribution in [1.82, 2.24) is 9.80 Å². The maximum atomic E-state index is 13.2. The first-order valence-corrected chi connectivity index (χ1v) is 10.3. The molecule has 3 aromatic rings. The third-order valence-corrected chi connectivity index (χ3v) is 5.90. The molecule has 0 aliphatic carbocycles. The number of ether oxygens (including phenoxy) is 1. The number of fused-ring (bicyclic) bond motifs is 2. The SMILES string of the molecule is O=C1C2CN(CCOc3ccc(F)cc3)CCN2C(=O)N1c1cccc2ccccc12. The van der Waals surface area contributed by atoms with Gasteiger partial charge in [0.15, 0.2) is 0 Å². The fraction of sp³-hybridized carbons (Fsp3) is 0.250. The Bertz CT molecular complexity index is 1130. The highest BCUT2D eigenvalue weighted by molar-refractivity contribution is 6.24. The first-order chi connectivity index (χ1) is 15.1. The first-order valence-electron chi connectivity index (χ1n) is 10.3. The van der Waals surface area contributed by atoms with E-state index in [1.54, 1.807) is 17.0 Å². The maximum absolute atomic E-state index is 13.2. The number of amides is 3. The molecule has 2 aliphatic rings. The Morgan fingerprint density at radius 3 is 2.55 bits per heavy atom. The summed E-state index contributed by atoms with van der Waals surface area (Å²) in [6, 6.07) is 18.6. The van der Waals surface area contributed by atoms with Gasteiger partial charge in [0.25, 0.3) is 5.91 Å². The molecule has 1 unspecified atom stereocenters. The summed E-state index contributed by atoms with van der Waals surface area (Å²) < 4.78 is 18.7. The normalized spacial score (nSPS) is 19.2. The lowest BCUT2D eigenvalue weighted by Gasteiger charge is -2.35. The van der Waals surface area contributed by atoms with Crippen LogP contribution in [0.4, 0.5) is 14.9 Å². The van der Waals surface area contributed by atoms with E-state index in [4.69, 9.17) is 4.74 Å². The highest BCUT2D eigenvalue weighted by Gasteiger charge is 2.48. The molecule has 0 bridgehead atoms. The van der Waals surface area contributed by atoms with Crippen LogP contribution < -0.4 is 9.64 Å². The van der Waals surface area contributed by atoms with Gasteiger partial charge in [-0.25, -0.2) is 14.1 Å². The van der Waals surface area contributed by atoms with E-state index in [2.05, 4.69) is 4.90 Å². The fourth-order valence-corrected chi connectivity index (χ4v) is 4.30. The molecule has 2 saturated heterocycles. The number of imide groups is 1. The van der Waals surface area contributed by atoms with E-state index in [1.807, 2.05) is 42.5 Å². The van der Waals surface area contributed by atoms with Crippen molar-refractivity contribution in [3.05, 3.63) is 72.5 Å². The molecule has 1 atom stereocenters. The smallest absolute Gasteiger partial charge is 0.332 e. The van der Waals surface area contributed by atoms with Crippen molar-refractivity contribution < 1.29 is 18.7 Å². The molecule has 31 heavy (non-hydrogen) atoms. The van der Waals surface area contributed by atoms with Crippen LogP contribution in [0.25, 0.3) is 10.8 Å². The number of benzene rings is 3. The molecule has 2 heterocycles. The molecule has 0 spiro atoms. The Balaban J connectivity index is 1.28. The quantitative estimate of drug-likeness (QED) is 0.594. The first kappa shape index (κ1) is 19.5. The van der Waals surface area contributed by atoms with Gasteiger partial charge in [0.1, 0.15) is 24.2 Å². The molecule has 0 N–H and O–H groups in total. The van der Waals surface area contributed by atoms with Gasteiger partial charge in [-0.3, -0.25) is 9.69 Å². The van der Waals surface area contributed by atoms with Crippen LogP contribution in [0.15, 0.2) is 66.7 Å². The average molecular weight is 419 g/mol. The molecule has 3 aromatic carbocycles. The molecule has 0 saturated carbocycles. The van der Waals surface area contributed by atoms with Gasteiger partial charge in [-0.15, -0.1) is 0 Å². The van der Waals surface area contributed by atoms with Crippen LogP contribution in [-0.2, 0) is 4.79 Å². The minimum absolute atomic E-state index is 0.189. The second-order valence-electron chi connectivity index (χ2n) is 7.77. The number of piperazine rings is 1. The molecule has 2 fully saturated rings. The van der Waals surface area contributed by atoms with Crippen LogP contribution in [0, 0.1) is 5.82 Å². The van der Waals surface area contributed by atoms with Crippen molar-refractivity contribution >= 4 is 28.4 Å². The van der Waals surface area contributed by atoms with Crippen LogP contribution in [0.2, 0.25) is 0 Å². The minimum Gasteiger partial charge on any atom is -0.492 e. The Morgan fingerprint density at radius 1 is 0.935 bits per heavy atom. The second kappa shape index (κ2) is 8.00. The standard InChI is InChI=1S/C24H22FN3O3/c25-18-8-10-19(11-9-18)31-15-14-26-12-13-27-22(16-26)23(29)28(24(27)30)21-7-3-5-17-4-1-2-6-20(17)21/h1-11,22H,12-16H2. The summed E-state index contributed by atoms with van der Waals surface area (Å²) in [5.74, 6) is 0.114. The summed E-state index contributed by atoms with van der Waals surface area (Å²) in [4.78, 5) is 31.4. The van der Waals surface area contributed by atoms with Crippen molar-refractivity contribution in [2.75, 3.05) is 37.7 Å². The fourth-order valence-electron chi connectivity index (χ4n) is 4.30. The second-order valence-corrected chi connectivity index (χ2v) is 7.77. The summed E-state index contributed by atoms with van der Waals surface area (Å²) in [7, 11) is 0. The van der Waals surface area contributed by atoms with Crippen LogP contribution >= 0.6 is 0 Å². The summed E-state index contributed by atoms with van der Waals surface area (Å²) in [5, 5.41) is 1.88. The molecule has 2 aliphatic heterocycles. The van der Waals surface area contributed by atoms with E-state index in [-0.39, 0.29) is 17.8 Å². The highest BCUT2D eigenvalue weighted by Crippen LogP contribution is 2.32. The molecule has 6 nitrogen and oxygen atoms in total.